The Morgan fingerprint density at radius 2 is 2.45 bits per heavy atom. The number of thiazole rings is 1. The minimum absolute atomic E-state index is 0. The van der Waals surface area contributed by atoms with Gasteiger partial charge in [0.25, 0.3) is 0 Å². The van der Waals surface area contributed by atoms with E-state index in [-0.39, 0.29) is 30.1 Å². The Kier molecular flexibility index (Phi) is 7.75. The number of morpholine rings is 1. The highest BCUT2D eigenvalue weighted by atomic mass is 127. The molecule has 5 nitrogen and oxygen atoms in total. The third-order valence-corrected chi connectivity index (χ3v) is 4.15. The van der Waals surface area contributed by atoms with E-state index in [1.54, 1.807) is 11.3 Å². The molecular weight excluding hydrogens is 387 g/mol. The molecule has 20 heavy (non-hydrogen) atoms. The molecule has 1 aromatic heterocycles. The number of aliphatic imine (C=N–C) groups is 1. The summed E-state index contributed by atoms with van der Waals surface area (Å²) in [6.45, 7) is 7.26. The summed E-state index contributed by atoms with van der Waals surface area (Å²) in [5, 5.41) is 3.30. The summed E-state index contributed by atoms with van der Waals surface area (Å²) in [5.41, 5.74) is 7.13. The molecule has 2 heterocycles. The number of hydrogen-bond donors (Lipinski definition) is 1. The predicted molar refractivity (Wildman–Crippen MR) is 94.1 cm³/mol. The van der Waals surface area contributed by atoms with Gasteiger partial charge in [-0.3, -0.25) is 4.99 Å². The van der Waals surface area contributed by atoms with Crippen LogP contribution < -0.4 is 5.73 Å². The molecule has 2 rings (SSSR count). The smallest absolute Gasteiger partial charge is 0.191 e. The van der Waals surface area contributed by atoms with Gasteiger partial charge in [-0.1, -0.05) is 6.92 Å². The fraction of sp³-hybridized carbons (Fsp3) is 0.692. The van der Waals surface area contributed by atoms with Crippen molar-refractivity contribution in [3.63, 3.8) is 0 Å². The Hall–Kier alpha value is -0.410. The van der Waals surface area contributed by atoms with Crippen LogP contribution in [0.4, 0.5) is 0 Å². The van der Waals surface area contributed by atoms with E-state index in [0.29, 0.717) is 12.5 Å². The normalized spacial score (nSPS) is 19.8. The average molecular weight is 410 g/mol. The standard InChI is InChI=1S/C13H22N4OS.HI/c1-3-12-16-11(9-19-12)4-5-15-13(14)17-6-7-18-10(2)8-17;/h9-10H,3-8H2,1-2H3,(H2,14,15);1H. The van der Waals surface area contributed by atoms with Gasteiger partial charge in [-0.25, -0.2) is 4.98 Å². The summed E-state index contributed by atoms with van der Waals surface area (Å²) < 4.78 is 5.49. The minimum atomic E-state index is 0. The summed E-state index contributed by atoms with van der Waals surface area (Å²) >= 11 is 1.72. The van der Waals surface area contributed by atoms with E-state index in [1.165, 1.54) is 5.01 Å². The molecular formula is C13H23IN4OS. The van der Waals surface area contributed by atoms with E-state index in [0.717, 1.165) is 38.2 Å². The SMILES string of the molecule is CCc1nc(CCN=C(N)N2CCOC(C)C2)cs1.I. The van der Waals surface area contributed by atoms with Crippen LogP contribution >= 0.6 is 35.3 Å². The molecule has 1 aliphatic rings. The molecule has 0 radical (unpaired) electrons. The second-order valence-electron chi connectivity index (χ2n) is 4.70. The topological polar surface area (TPSA) is 63.7 Å². The zero-order valence-electron chi connectivity index (χ0n) is 12.0. The Labute approximate surface area is 141 Å². The molecule has 7 heteroatoms. The van der Waals surface area contributed by atoms with Crippen LogP contribution in [-0.2, 0) is 17.6 Å². The van der Waals surface area contributed by atoms with Gasteiger partial charge in [0, 0.05) is 31.4 Å². The van der Waals surface area contributed by atoms with E-state index >= 15 is 0 Å². The van der Waals surface area contributed by atoms with Crippen LogP contribution in [0.1, 0.15) is 24.5 Å². The summed E-state index contributed by atoms with van der Waals surface area (Å²) in [7, 11) is 0. The third-order valence-electron chi connectivity index (χ3n) is 3.11. The molecule has 0 bridgehead atoms. The van der Waals surface area contributed by atoms with Crippen LogP contribution in [0.15, 0.2) is 10.4 Å². The molecule has 0 aromatic carbocycles. The number of aromatic nitrogens is 1. The zero-order valence-corrected chi connectivity index (χ0v) is 15.2. The number of hydrogen-bond acceptors (Lipinski definition) is 4. The number of nitrogens with two attached hydrogens (primary N) is 1. The van der Waals surface area contributed by atoms with Crippen LogP contribution in [0.3, 0.4) is 0 Å². The quantitative estimate of drug-likeness (QED) is 0.468. The van der Waals surface area contributed by atoms with E-state index < -0.39 is 0 Å². The molecule has 0 aliphatic carbocycles. The minimum Gasteiger partial charge on any atom is -0.375 e. The second-order valence-corrected chi connectivity index (χ2v) is 5.65. The van der Waals surface area contributed by atoms with Gasteiger partial charge in [-0.15, -0.1) is 35.3 Å². The second kappa shape index (κ2) is 8.78. The monoisotopic (exact) mass is 410 g/mol. The number of rotatable bonds is 4. The van der Waals surface area contributed by atoms with E-state index in [4.69, 9.17) is 10.5 Å². The highest BCUT2D eigenvalue weighted by molar-refractivity contribution is 14.0. The molecule has 1 unspecified atom stereocenters. The lowest BCUT2D eigenvalue weighted by Gasteiger charge is -2.31. The molecule has 0 amide bonds. The van der Waals surface area contributed by atoms with Gasteiger partial charge in [0.15, 0.2) is 5.96 Å². The first-order valence-electron chi connectivity index (χ1n) is 6.78. The first-order chi connectivity index (χ1) is 9.19. The van der Waals surface area contributed by atoms with Gasteiger partial charge in [0.05, 0.1) is 23.4 Å². The zero-order chi connectivity index (χ0) is 13.7. The van der Waals surface area contributed by atoms with Gasteiger partial charge >= 0.3 is 0 Å². The molecule has 1 saturated heterocycles. The Balaban J connectivity index is 0.00000200. The number of aryl methyl sites for hydroxylation is 1. The Bertz CT molecular complexity index is 438. The summed E-state index contributed by atoms with van der Waals surface area (Å²) in [6, 6.07) is 0. The summed E-state index contributed by atoms with van der Waals surface area (Å²) in [4.78, 5) is 11.1. The van der Waals surface area contributed by atoms with E-state index in [2.05, 4.69) is 34.1 Å². The van der Waals surface area contributed by atoms with E-state index in [1.807, 2.05) is 0 Å². The Morgan fingerprint density at radius 3 is 3.10 bits per heavy atom. The fourth-order valence-corrected chi connectivity index (χ4v) is 2.82. The number of nitrogens with zero attached hydrogens (tertiary/aromatic N) is 3. The van der Waals surface area contributed by atoms with Gasteiger partial charge in [-0.05, 0) is 13.3 Å². The van der Waals surface area contributed by atoms with Crippen molar-refractivity contribution in [3.05, 3.63) is 16.1 Å². The van der Waals surface area contributed by atoms with Crippen molar-refractivity contribution in [3.8, 4) is 0 Å². The molecule has 1 aromatic rings. The van der Waals surface area contributed by atoms with Crippen molar-refractivity contribution >= 4 is 41.3 Å². The van der Waals surface area contributed by atoms with Gasteiger partial charge in [0.2, 0.25) is 0 Å². The third kappa shape index (κ3) is 5.17. The van der Waals surface area contributed by atoms with E-state index in [9.17, 15) is 0 Å². The maximum absolute atomic E-state index is 6.01. The van der Waals surface area contributed by atoms with Crippen molar-refractivity contribution in [2.24, 2.45) is 10.7 Å². The van der Waals surface area contributed by atoms with Crippen molar-refractivity contribution in [1.29, 1.82) is 0 Å². The summed E-state index contributed by atoms with van der Waals surface area (Å²) in [5.74, 6) is 0.626. The van der Waals surface area contributed by atoms with Crippen LogP contribution in [0.25, 0.3) is 0 Å². The Morgan fingerprint density at radius 1 is 1.65 bits per heavy atom. The maximum atomic E-state index is 6.01. The lowest BCUT2D eigenvalue weighted by molar-refractivity contribution is 0.00530. The van der Waals surface area contributed by atoms with Crippen molar-refractivity contribution < 1.29 is 4.74 Å². The lowest BCUT2D eigenvalue weighted by atomic mass is 10.3. The van der Waals surface area contributed by atoms with Crippen molar-refractivity contribution in [2.75, 3.05) is 26.2 Å². The first kappa shape index (κ1) is 17.6. The molecule has 0 saturated carbocycles. The average Bonchev–Trinajstić information content (AvgIpc) is 2.86. The number of guanidine groups is 1. The van der Waals surface area contributed by atoms with Gasteiger partial charge < -0.3 is 15.4 Å². The number of halogens is 1. The van der Waals surface area contributed by atoms with Crippen LogP contribution in [0.2, 0.25) is 0 Å². The molecule has 2 N–H and O–H groups in total. The van der Waals surface area contributed by atoms with Crippen LogP contribution in [0.5, 0.6) is 0 Å². The molecule has 1 aliphatic heterocycles. The maximum Gasteiger partial charge on any atom is 0.191 e. The largest absolute Gasteiger partial charge is 0.375 e. The fourth-order valence-electron chi connectivity index (χ4n) is 2.04. The molecule has 1 fully saturated rings. The van der Waals surface area contributed by atoms with Gasteiger partial charge in [-0.2, -0.15) is 0 Å². The predicted octanol–water partition coefficient (Wildman–Crippen LogP) is 1.90. The molecule has 114 valence electrons. The lowest BCUT2D eigenvalue weighted by Crippen LogP contribution is -2.47. The molecule has 0 spiro atoms. The summed E-state index contributed by atoms with van der Waals surface area (Å²) in [6.07, 6.45) is 2.09. The van der Waals surface area contributed by atoms with Crippen molar-refractivity contribution in [2.45, 2.75) is 32.8 Å². The molecule has 1 atom stereocenters. The first-order valence-corrected chi connectivity index (χ1v) is 7.66. The van der Waals surface area contributed by atoms with Crippen LogP contribution in [-0.4, -0.2) is 48.2 Å². The number of ether oxygens (including phenoxy) is 1. The van der Waals surface area contributed by atoms with Crippen molar-refractivity contribution in [1.82, 2.24) is 9.88 Å². The highest BCUT2D eigenvalue weighted by Gasteiger charge is 2.17. The highest BCUT2D eigenvalue weighted by Crippen LogP contribution is 2.10. The van der Waals surface area contributed by atoms with Crippen LogP contribution in [0, 0.1) is 0 Å². The van der Waals surface area contributed by atoms with Gasteiger partial charge in [0.1, 0.15) is 0 Å².